The van der Waals surface area contributed by atoms with Gasteiger partial charge in [-0.3, -0.25) is 4.68 Å². The molecule has 11 heteroatoms. The van der Waals surface area contributed by atoms with E-state index in [0.29, 0.717) is 30.4 Å². The summed E-state index contributed by atoms with van der Waals surface area (Å²) in [5, 5.41) is 12.4. The molecule has 144 valence electrons. The van der Waals surface area contributed by atoms with E-state index in [4.69, 9.17) is 4.42 Å². The van der Waals surface area contributed by atoms with Crippen molar-refractivity contribution in [2.24, 2.45) is 7.05 Å². The molecule has 1 atom stereocenters. The maximum Gasteiger partial charge on any atom is 0.259 e. The zero-order valence-corrected chi connectivity index (χ0v) is 16.9. The first kappa shape index (κ1) is 18.3. The topological polar surface area (TPSA) is 107 Å². The van der Waals surface area contributed by atoms with Crippen LogP contribution in [0.15, 0.2) is 21.0 Å². The molecule has 3 aromatic rings. The lowest BCUT2D eigenvalue weighted by atomic mass is 10.1. The molecule has 3 aromatic heterocycles. The lowest BCUT2D eigenvalue weighted by Crippen LogP contribution is -2.38. The van der Waals surface area contributed by atoms with Crippen LogP contribution in [0.25, 0.3) is 10.8 Å². The van der Waals surface area contributed by atoms with Crippen molar-refractivity contribution >= 4 is 21.4 Å². The van der Waals surface area contributed by atoms with Crippen molar-refractivity contribution in [3.8, 4) is 10.8 Å². The lowest BCUT2D eigenvalue weighted by molar-refractivity contribution is 0.220. The fourth-order valence-electron chi connectivity index (χ4n) is 3.27. The van der Waals surface area contributed by atoms with E-state index in [9.17, 15) is 8.42 Å². The molecular weight excluding hydrogens is 388 g/mol. The second-order valence-corrected chi connectivity index (χ2v) is 9.27. The minimum absolute atomic E-state index is 0.218. The van der Waals surface area contributed by atoms with Gasteiger partial charge in [0.2, 0.25) is 15.9 Å². The first-order valence-electron chi connectivity index (χ1n) is 8.64. The van der Waals surface area contributed by atoms with Crippen LogP contribution in [0.5, 0.6) is 0 Å². The molecule has 1 aliphatic rings. The van der Waals surface area contributed by atoms with Gasteiger partial charge in [0.1, 0.15) is 15.8 Å². The van der Waals surface area contributed by atoms with Gasteiger partial charge in [-0.1, -0.05) is 6.42 Å². The van der Waals surface area contributed by atoms with Crippen molar-refractivity contribution in [1.82, 2.24) is 29.3 Å². The fraction of sp³-hybridized carbons (Fsp3) is 0.500. The third-order valence-corrected chi connectivity index (χ3v) is 7.82. The SMILES string of the molecule is Cc1ncsc1-c1nnc(C2CCCCN2S(=O)(=O)c2cnn(C)c2C)o1. The highest BCUT2D eigenvalue weighted by Gasteiger charge is 2.39. The van der Waals surface area contributed by atoms with Crippen LogP contribution in [0.1, 0.15) is 42.6 Å². The van der Waals surface area contributed by atoms with E-state index in [1.165, 1.54) is 21.8 Å². The quantitative estimate of drug-likeness (QED) is 0.652. The molecule has 0 radical (unpaired) electrons. The number of hydrogen-bond donors (Lipinski definition) is 0. The molecule has 4 rings (SSSR count). The predicted octanol–water partition coefficient (Wildman–Crippen LogP) is 2.46. The Hall–Kier alpha value is -2.11. The molecule has 1 saturated heterocycles. The molecular formula is C16H20N6O3S2. The molecule has 9 nitrogen and oxygen atoms in total. The van der Waals surface area contributed by atoms with Gasteiger partial charge >= 0.3 is 0 Å². The zero-order valence-electron chi connectivity index (χ0n) is 15.3. The third kappa shape index (κ3) is 3.09. The Balaban J connectivity index is 1.70. The van der Waals surface area contributed by atoms with Crippen molar-refractivity contribution in [2.45, 2.75) is 44.0 Å². The molecule has 0 aromatic carbocycles. The molecule has 0 N–H and O–H groups in total. The molecule has 0 aliphatic carbocycles. The van der Waals surface area contributed by atoms with Crippen LogP contribution in [0.2, 0.25) is 0 Å². The molecule has 0 bridgehead atoms. The Morgan fingerprint density at radius 3 is 2.74 bits per heavy atom. The van der Waals surface area contributed by atoms with Crippen LogP contribution in [0, 0.1) is 13.8 Å². The van der Waals surface area contributed by atoms with E-state index in [1.54, 1.807) is 24.2 Å². The maximum atomic E-state index is 13.3. The molecule has 27 heavy (non-hydrogen) atoms. The number of aromatic nitrogens is 5. The second kappa shape index (κ2) is 6.80. The van der Waals surface area contributed by atoms with Gasteiger partial charge in [0, 0.05) is 13.6 Å². The Morgan fingerprint density at radius 2 is 2.07 bits per heavy atom. The highest BCUT2D eigenvalue weighted by molar-refractivity contribution is 7.89. The summed E-state index contributed by atoms with van der Waals surface area (Å²) in [5.41, 5.74) is 3.14. The van der Waals surface area contributed by atoms with E-state index < -0.39 is 16.1 Å². The van der Waals surface area contributed by atoms with Gasteiger partial charge in [0.05, 0.1) is 23.1 Å². The minimum atomic E-state index is -3.71. The van der Waals surface area contributed by atoms with Crippen LogP contribution in [0.3, 0.4) is 0 Å². The first-order valence-corrected chi connectivity index (χ1v) is 11.0. The number of sulfonamides is 1. The molecule has 0 saturated carbocycles. The summed E-state index contributed by atoms with van der Waals surface area (Å²) in [6.45, 7) is 4.03. The number of nitrogens with zero attached hydrogens (tertiary/aromatic N) is 6. The summed E-state index contributed by atoms with van der Waals surface area (Å²) in [4.78, 5) is 5.22. The average molecular weight is 409 g/mol. The van der Waals surface area contributed by atoms with Crippen LogP contribution in [0.4, 0.5) is 0 Å². The molecule has 0 spiro atoms. The number of piperidine rings is 1. The normalized spacial score (nSPS) is 18.9. The Labute approximate surface area is 161 Å². The van der Waals surface area contributed by atoms with Crippen LogP contribution in [-0.4, -0.2) is 44.2 Å². The average Bonchev–Trinajstić information content (AvgIpc) is 3.36. The first-order chi connectivity index (χ1) is 12.9. The van der Waals surface area contributed by atoms with Gasteiger partial charge in [-0.15, -0.1) is 21.5 Å². The standard InChI is InChI=1S/C16H20N6O3S2/c1-10-14(26-9-17-10)16-20-19-15(25-16)12-6-4-5-7-22(12)27(23,24)13-8-18-21(3)11(13)2/h8-9,12H,4-7H2,1-3H3. The van der Waals surface area contributed by atoms with E-state index in [2.05, 4.69) is 20.3 Å². The van der Waals surface area contributed by atoms with Crippen LogP contribution in [-0.2, 0) is 17.1 Å². The van der Waals surface area contributed by atoms with Crippen LogP contribution < -0.4 is 0 Å². The summed E-state index contributed by atoms with van der Waals surface area (Å²) < 4.78 is 35.4. The van der Waals surface area contributed by atoms with Gasteiger partial charge in [0.15, 0.2) is 0 Å². The number of rotatable bonds is 4. The summed E-state index contributed by atoms with van der Waals surface area (Å²) in [7, 11) is -1.98. The highest BCUT2D eigenvalue weighted by Crippen LogP contribution is 2.37. The largest absolute Gasteiger partial charge is 0.418 e. The van der Waals surface area contributed by atoms with E-state index in [0.717, 1.165) is 23.4 Å². The summed E-state index contributed by atoms with van der Waals surface area (Å²) in [5.74, 6) is 0.702. The Morgan fingerprint density at radius 1 is 1.26 bits per heavy atom. The third-order valence-electron chi connectivity index (χ3n) is 4.90. The van der Waals surface area contributed by atoms with Gasteiger partial charge in [-0.25, -0.2) is 13.4 Å². The number of aryl methyl sites for hydroxylation is 2. The van der Waals surface area contributed by atoms with Gasteiger partial charge in [-0.05, 0) is 26.7 Å². The lowest BCUT2D eigenvalue weighted by Gasteiger charge is -2.32. The van der Waals surface area contributed by atoms with Crippen molar-refractivity contribution in [3.05, 3.63) is 29.0 Å². The molecule has 0 amide bonds. The predicted molar refractivity (Wildman–Crippen MR) is 98.6 cm³/mol. The Kier molecular flexibility index (Phi) is 4.60. The van der Waals surface area contributed by atoms with Crippen LogP contribution >= 0.6 is 11.3 Å². The van der Waals surface area contributed by atoms with Gasteiger partial charge in [0.25, 0.3) is 5.89 Å². The minimum Gasteiger partial charge on any atom is -0.418 e. The summed E-state index contributed by atoms with van der Waals surface area (Å²) in [6, 6.07) is -0.474. The second-order valence-electron chi connectivity index (χ2n) is 6.56. The highest BCUT2D eigenvalue weighted by atomic mass is 32.2. The van der Waals surface area contributed by atoms with Crippen molar-refractivity contribution < 1.29 is 12.8 Å². The summed E-state index contributed by atoms with van der Waals surface area (Å²) >= 11 is 1.42. The van der Waals surface area contributed by atoms with Crippen molar-refractivity contribution in [3.63, 3.8) is 0 Å². The molecule has 1 unspecified atom stereocenters. The monoisotopic (exact) mass is 408 g/mol. The molecule has 4 heterocycles. The smallest absolute Gasteiger partial charge is 0.259 e. The number of thiazole rings is 1. The van der Waals surface area contributed by atoms with Gasteiger partial charge < -0.3 is 4.42 Å². The Bertz CT molecular complexity index is 1070. The van der Waals surface area contributed by atoms with Gasteiger partial charge in [-0.2, -0.15) is 9.40 Å². The van der Waals surface area contributed by atoms with E-state index in [-0.39, 0.29) is 4.90 Å². The van der Waals surface area contributed by atoms with Crippen molar-refractivity contribution in [1.29, 1.82) is 0 Å². The van der Waals surface area contributed by atoms with Crippen molar-refractivity contribution in [2.75, 3.05) is 6.54 Å². The number of hydrogen-bond acceptors (Lipinski definition) is 8. The van der Waals surface area contributed by atoms with E-state index in [1.807, 2.05) is 6.92 Å². The fourth-order valence-corrected chi connectivity index (χ4v) is 5.83. The maximum absolute atomic E-state index is 13.3. The zero-order chi connectivity index (χ0) is 19.2. The molecule has 1 fully saturated rings. The molecule has 1 aliphatic heterocycles. The van der Waals surface area contributed by atoms with E-state index >= 15 is 0 Å². The summed E-state index contributed by atoms with van der Waals surface area (Å²) in [6.07, 6.45) is 3.74.